The fourth-order valence-corrected chi connectivity index (χ4v) is 2.22. The highest BCUT2D eigenvalue weighted by molar-refractivity contribution is 5.33. The van der Waals surface area contributed by atoms with Crippen LogP contribution in [0.25, 0.3) is 0 Å². The third kappa shape index (κ3) is 3.03. The van der Waals surface area contributed by atoms with E-state index in [1.54, 1.807) is 0 Å². The van der Waals surface area contributed by atoms with Crippen molar-refractivity contribution >= 4 is 0 Å². The zero-order valence-electron chi connectivity index (χ0n) is 11.5. The Bertz CT molecular complexity index is 401. The third-order valence-electron chi connectivity index (χ3n) is 3.79. The molecule has 0 saturated carbocycles. The average Bonchev–Trinajstić information content (AvgIpc) is 2.49. The molecule has 0 fully saturated rings. The van der Waals surface area contributed by atoms with Crippen molar-refractivity contribution in [2.75, 3.05) is 19.7 Å². The van der Waals surface area contributed by atoms with Crippen LogP contribution in [0.15, 0.2) is 24.3 Å². The lowest BCUT2D eigenvalue weighted by Crippen LogP contribution is -2.40. The van der Waals surface area contributed by atoms with Gasteiger partial charge in [0.25, 0.3) is 0 Å². The van der Waals surface area contributed by atoms with Gasteiger partial charge in [-0.05, 0) is 13.0 Å². The summed E-state index contributed by atoms with van der Waals surface area (Å²) in [6.07, 6.45) is -0.308. The molecular formula is C15H23NO2. The summed E-state index contributed by atoms with van der Waals surface area (Å²) < 4.78 is 5.75. The minimum atomic E-state index is -0.308. The van der Waals surface area contributed by atoms with Crippen molar-refractivity contribution in [3.63, 3.8) is 0 Å². The van der Waals surface area contributed by atoms with E-state index in [9.17, 15) is 5.11 Å². The SMILES string of the molecule is CC(O)C(C)(C)CN1CCOc2ccccc2C1. The number of aliphatic hydroxyl groups excluding tert-OH is 1. The van der Waals surface area contributed by atoms with Gasteiger partial charge in [0.15, 0.2) is 0 Å². The van der Waals surface area contributed by atoms with Gasteiger partial charge in [-0.1, -0.05) is 32.0 Å². The molecule has 1 aliphatic heterocycles. The van der Waals surface area contributed by atoms with E-state index >= 15 is 0 Å². The molecule has 1 atom stereocenters. The Balaban J connectivity index is 2.09. The predicted octanol–water partition coefficient (Wildman–Crippen LogP) is 2.29. The van der Waals surface area contributed by atoms with Crippen LogP contribution < -0.4 is 4.74 Å². The molecule has 18 heavy (non-hydrogen) atoms. The summed E-state index contributed by atoms with van der Waals surface area (Å²) in [5, 5.41) is 9.82. The summed E-state index contributed by atoms with van der Waals surface area (Å²) in [5.74, 6) is 0.995. The van der Waals surface area contributed by atoms with E-state index < -0.39 is 0 Å². The lowest BCUT2D eigenvalue weighted by molar-refractivity contribution is 0.0311. The smallest absolute Gasteiger partial charge is 0.123 e. The van der Waals surface area contributed by atoms with E-state index in [2.05, 4.69) is 24.8 Å². The van der Waals surface area contributed by atoms with Crippen molar-refractivity contribution < 1.29 is 9.84 Å². The highest BCUT2D eigenvalue weighted by Gasteiger charge is 2.28. The molecule has 0 bridgehead atoms. The Morgan fingerprint density at radius 2 is 2.11 bits per heavy atom. The number of nitrogens with zero attached hydrogens (tertiary/aromatic N) is 1. The fourth-order valence-electron chi connectivity index (χ4n) is 2.22. The molecule has 0 aliphatic carbocycles. The molecule has 1 heterocycles. The molecule has 1 aromatic carbocycles. The first-order valence-corrected chi connectivity index (χ1v) is 6.60. The lowest BCUT2D eigenvalue weighted by atomic mass is 9.87. The number of fused-ring (bicyclic) bond motifs is 1. The van der Waals surface area contributed by atoms with Gasteiger partial charge in [-0.3, -0.25) is 4.90 Å². The van der Waals surface area contributed by atoms with Crippen LogP contribution in [0.1, 0.15) is 26.3 Å². The summed E-state index contributed by atoms with van der Waals surface area (Å²) in [7, 11) is 0. The standard InChI is InChI=1S/C15H23NO2/c1-12(17)15(2,3)11-16-8-9-18-14-7-5-4-6-13(14)10-16/h4-7,12,17H,8-11H2,1-3H3. The average molecular weight is 249 g/mol. The molecular weight excluding hydrogens is 226 g/mol. The fraction of sp³-hybridized carbons (Fsp3) is 0.600. The van der Waals surface area contributed by atoms with Gasteiger partial charge in [-0.15, -0.1) is 0 Å². The highest BCUT2D eigenvalue weighted by Crippen LogP contribution is 2.27. The minimum absolute atomic E-state index is 0.0979. The zero-order chi connectivity index (χ0) is 13.2. The molecule has 1 aromatic rings. The van der Waals surface area contributed by atoms with Crippen LogP contribution in [0.4, 0.5) is 0 Å². The topological polar surface area (TPSA) is 32.7 Å². The lowest BCUT2D eigenvalue weighted by Gasteiger charge is -2.34. The number of para-hydroxylation sites is 1. The van der Waals surface area contributed by atoms with Gasteiger partial charge in [0, 0.05) is 30.6 Å². The summed E-state index contributed by atoms with van der Waals surface area (Å²) in [6.45, 7) is 9.47. The molecule has 2 rings (SSSR count). The highest BCUT2D eigenvalue weighted by atomic mass is 16.5. The Kier molecular flexibility index (Phi) is 3.93. The van der Waals surface area contributed by atoms with E-state index in [-0.39, 0.29) is 11.5 Å². The summed E-state index contributed by atoms with van der Waals surface area (Å²) in [6, 6.07) is 8.20. The van der Waals surface area contributed by atoms with Crippen molar-refractivity contribution in [1.29, 1.82) is 0 Å². The van der Waals surface area contributed by atoms with Crippen molar-refractivity contribution in [3.8, 4) is 5.75 Å². The zero-order valence-corrected chi connectivity index (χ0v) is 11.5. The molecule has 1 N–H and O–H groups in total. The predicted molar refractivity (Wildman–Crippen MR) is 72.7 cm³/mol. The van der Waals surface area contributed by atoms with Crippen molar-refractivity contribution in [1.82, 2.24) is 4.90 Å². The molecule has 0 spiro atoms. The van der Waals surface area contributed by atoms with Crippen LogP contribution in [0.3, 0.4) is 0 Å². The summed E-state index contributed by atoms with van der Waals surface area (Å²) >= 11 is 0. The summed E-state index contributed by atoms with van der Waals surface area (Å²) in [4.78, 5) is 2.36. The van der Waals surface area contributed by atoms with E-state index in [0.29, 0.717) is 6.61 Å². The number of rotatable bonds is 3. The number of hydrogen-bond acceptors (Lipinski definition) is 3. The van der Waals surface area contributed by atoms with Gasteiger partial charge >= 0.3 is 0 Å². The molecule has 0 saturated heterocycles. The van der Waals surface area contributed by atoms with E-state index in [0.717, 1.165) is 25.4 Å². The van der Waals surface area contributed by atoms with Crippen LogP contribution in [-0.2, 0) is 6.54 Å². The number of aliphatic hydroxyl groups is 1. The molecule has 100 valence electrons. The van der Waals surface area contributed by atoms with Crippen LogP contribution in [0.5, 0.6) is 5.75 Å². The van der Waals surface area contributed by atoms with Crippen LogP contribution >= 0.6 is 0 Å². The van der Waals surface area contributed by atoms with Gasteiger partial charge in [0.1, 0.15) is 12.4 Å². The monoisotopic (exact) mass is 249 g/mol. The first-order chi connectivity index (χ1) is 8.49. The second-order valence-electron chi connectivity index (χ2n) is 5.83. The van der Waals surface area contributed by atoms with Gasteiger partial charge in [-0.25, -0.2) is 0 Å². The number of benzene rings is 1. The Morgan fingerprint density at radius 1 is 1.39 bits per heavy atom. The molecule has 3 heteroatoms. The maximum atomic E-state index is 9.82. The number of ether oxygens (including phenoxy) is 1. The first kappa shape index (κ1) is 13.4. The van der Waals surface area contributed by atoms with Gasteiger partial charge < -0.3 is 9.84 Å². The van der Waals surface area contributed by atoms with Crippen LogP contribution in [0.2, 0.25) is 0 Å². The van der Waals surface area contributed by atoms with Gasteiger partial charge in [0.2, 0.25) is 0 Å². The largest absolute Gasteiger partial charge is 0.492 e. The summed E-state index contributed by atoms with van der Waals surface area (Å²) in [5.41, 5.74) is 1.13. The molecule has 1 aliphatic rings. The van der Waals surface area contributed by atoms with Crippen molar-refractivity contribution in [2.24, 2.45) is 5.41 Å². The Hall–Kier alpha value is -1.06. The maximum Gasteiger partial charge on any atom is 0.123 e. The molecule has 3 nitrogen and oxygen atoms in total. The van der Waals surface area contributed by atoms with Crippen LogP contribution in [0, 0.1) is 5.41 Å². The Morgan fingerprint density at radius 3 is 2.83 bits per heavy atom. The van der Waals surface area contributed by atoms with Gasteiger partial charge in [-0.2, -0.15) is 0 Å². The minimum Gasteiger partial charge on any atom is -0.492 e. The second kappa shape index (κ2) is 5.29. The third-order valence-corrected chi connectivity index (χ3v) is 3.79. The first-order valence-electron chi connectivity index (χ1n) is 6.60. The van der Waals surface area contributed by atoms with E-state index in [4.69, 9.17) is 4.74 Å². The van der Waals surface area contributed by atoms with E-state index in [1.165, 1.54) is 5.56 Å². The molecule has 1 unspecified atom stereocenters. The van der Waals surface area contributed by atoms with Crippen LogP contribution in [-0.4, -0.2) is 35.8 Å². The van der Waals surface area contributed by atoms with Gasteiger partial charge in [0.05, 0.1) is 6.10 Å². The maximum absolute atomic E-state index is 9.82. The normalized spacial score (nSPS) is 18.7. The quantitative estimate of drug-likeness (QED) is 0.892. The molecule has 0 amide bonds. The number of hydrogen-bond donors (Lipinski definition) is 1. The second-order valence-corrected chi connectivity index (χ2v) is 5.83. The van der Waals surface area contributed by atoms with E-state index in [1.807, 2.05) is 25.1 Å². The molecule has 0 radical (unpaired) electrons. The Labute approximate surface area is 109 Å². The van der Waals surface area contributed by atoms with Crippen molar-refractivity contribution in [2.45, 2.75) is 33.4 Å². The van der Waals surface area contributed by atoms with Crippen molar-refractivity contribution in [3.05, 3.63) is 29.8 Å². The molecule has 0 aromatic heterocycles.